The van der Waals surface area contributed by atoms with Gasteiger partial charge in [-0.05, 0) is 79.6 Å². The summed E-state index contributed by atoms with van der Waals surface area (Å²) in [6.07, 6.45) is 3.19. The lowest BCUT2D eigenvalue weighted by molar-refractivity contribution is -0.123. The van der Waals surface area contributed by atoms with Gasteiger partial charge in [0.05, 0.1) is 10.9 Å². The Balaban J connectivity index is 1.64. The van der Waals surface area contributed by atoms with Gasteiger partial charge in [-0.15, -0.1) is 6.58 Å². The largest absolute Gasteiger partial charge is 0.484 e. The fraction of sp³-hybridized carbons (Fsp3) is 0.208. The Kier molecular flexibility index (Phi) is 6.97. The van der Waals surface area contributed by atoms with Gasteiger partial charge in [0, 0.05) is 5.69 Å². The van der Waals surface area contributed by atoms with Crippen LogP contribution in [0.15, 0.2) is 60.0 Å². The Labute approximate surface area is 186 Å². The van der Waals surface area contributed by atoms with Gasteiger partial charge < -0.3 is 10.1 Å². The highest BCUT2D eigenvalue weighted by Gasteiger charge is 2.37. The van der Waals surface area contributed by atoms with Crippen molar-refractivity contribution in [2.24, 2.45) is 0 Å². The van der Waals surface area contributed by atoms with Gasteiger partial charge >= 0.3 is 0 Å². The van der Waals surface area contributed by atoms with E-state index in [1.807, 2.05) is 32.0 Å². The molecule has 1 saturated heterocycles. The minimum Gasteiger partial charge on any atom is -0.484 e. The average Bonchev–Trinajstić information content (AvgIpc) is 3.02. The van der Waals surface area contributed by atoms with E-state index in [1.54, 1.807) is 43.3 Å². The first kappa shape index (κ1) is 22.4. The summed E-state index contributed by atoms with van der Waals surface area (Å²) in [4.78, 5) is 38.4. The quantitative estimate of drug-likeness (QED) is 0.492. The van der Waals surface area contributed by atoms with Crippen LogP contribution in [0.1, 0.15) is 23.6 Å². The van der Waals surface area contributed by atoms with Gasteiger partial charge in [0.1, 0.15) is 5.75 Å². The molecule has 0 radical (unpaired) electrons. The molecule has 1 aliphatic heterocycles. The van der Waals surface area contributed by atoms with Gasteiger partial charge in [-0.25, -0.2) is 0 Å². The number of thioether (sulfide) groups is 1. The molecule has 6 nitrogen and oxygen atoms in total. The normalized spacial score (nSPS) is 15.8. The smallest absolute Gasteiger partial charge is 0.294 e. The minimum absolute atomic E-state index is 0.149. The van der Waals surface area contributed by atoms with E-state index in [1.165, 1.54) is 4.90 Å². The van der Waals surface area contributed by atoms with Crippen LogP contribution >= 0.6 is 11.8 Å². The summed E-state index contributed by atoms with van der Waals surface area (Å²) in [5, 5.41) is 2.49. The summed E-state index contributed by atoms with van der Waals surface area (Å²) in [6.45, 7) is 9.23. The van der Waals surface area contributed by atoms with Crippen molar-refractivity contribution in [2.75, 3.05) is 11.9 Å². The lowest BCUT2D eigenvalue weighted by atomic mass is 10.1. The first-order chi connectivity index (χ1) is 14.8. The number of carbonyl (C=O) groups excluding carboxylic acids is 3. The predicted molar refractivity (Wildman–Crippen MR) is 124 cm³/mol. The van der Waals surface area contributed by atoms with E-state index in [9.17, 15) is 14.4 Å². The summed E-state index contributed by atoms with van der Waals surface area (Å²) < 4.78 is 5.60. The van der Waals surface area contributed by atoms with Crippen LogP contribution in [0.5, 0.6) is 5.75 Å². The van der Waals surface area contributed by atoms with E-state index in [0.717, 1.165) is 28.6 Å². The standard InChI is InChI=1S/C24H24N2O4S/c1-5-17(4)26-23(28)21(31-24(26)29)13-18-7-6-8-20(12-18)30-14-22(27)25-19-10-9-15(2)16(3)11-19/h5-13,17H,1,14H2,2-4H3,(H,25,27). The van der Waals surface area contributed by atoms with Crippen LogP contribution in [0.2, 0.25) is 0 Å². The van der Waals surface area contributed by atoms with Crippen LogP contribution in [0.4, 0.5) is 10.5 Å². The third-order valence-corrected chi connectivity index (χ3v) is 5.77. The molecule has 0 spiro atoms. The lowest BCUT2D eigenvalue weighted by Crippen LogP contribution is -2.35. The number of hydrogen-bond donors (Lipinski definition) is 1. The number of rotatable bonds is 7. The van der Waals surface area contributed by atoms with Gasteiger partial charge in [0.15, 0.2) is 6.61 Å². The molecule has 1 heterocycles. The highest BCUT2D eigenvalue weighted by Crippen LogP contribution is 2.34. The lowest BCUT2D eigenvalue weighted by Gasteiger charge is -2.17. The zero-order chi connectivity index (χ0) is 22.5. The second kappa shape index (κ2) is 9.66. The zero-order valence-electron chi connectivity index (χ0n) is 17.7. The van der Waals surface area contributed by atoms with Crippen molar-refractivity contribution < 1.29 is 19.1 Å². The monoisotopic (exact) mass is 436 g/mol. The second-order valence-electron chi connectivity index (χ2n) is 7.24. The van der Waals surface area contributed by atoms with Crippen LogP contribution in [-0.4, -0.2) is 34.6 Å². The van der Waals surface area contributed by atoms with Crippen molar-refractivity contribution in [2.45, 2.75) is 26.8 Å². The molecular weight excluding hydrogens is 412 g/mol. The molecule has 1 fully saturated rings. The van der Waals surface area contributed by atoms with Crippen molar-refractivity contribution in [3.05, 3.63) is 76.7 Å². The summed E-state index contributed by atoms with van der Waals surface area (Å²) in [5.41, 5.74) is 3.67. The van der Waals surface area contributed by atoms with E-state index in [4.69, 9.17) is 4.74 Å². The first-order valence-corrected chi connectivity index (χ1v) is 10.6. The number of ether oxygens (including phenoxy) is 1. The van der Waals surface area contributed by atoms with Crippen molar-refractivity contribution in [3.8, 4) is 5.75 Å². The third-order valence-electron chi connectivity index (χ3n) is 4.89. The van der Waals surface area contributed by atoms with Crippen LogP contribution < -0.4 is 10.1 Å². The molecule has 0 aromatic heterocycles. The SMILES string of the molecule is C=CC(C)N1C(=O)SC(=Cc2cccc(OCC(=O)Nc3ccc(C)c(C)c3)c2)C1=O. The number of benzene rings is 2. The first-order valence-electron chi connectivity index (χ1n) is 9.78. The molecule has 3 amide bonds. The number of hydrogen-bond acceptors (Lipinski definition) is 5. The molecule has 7 heteroatoms. The van der Waals surface area contributed by atoms with Gasteiger partial charge in [-0.2, -0.15) is 0 Å². The fourth-order valence-corrected chi connectivity index (χ4v) is 3.86. The van der Waals surface area contributed by atoms with Crippen LogP contribution in [0.25, 0.3) is 6.08 Å². The molecule has 0 bridgehead atoms. The molecule has 1 atom stereocenters. The molecule has 1 aliphatic rings. The molecule has 0 saturated carbocycles. The van der Waals surface area contributed by atoms with Gasteiger partial charge in [0.25, 0.3) is 17.1 Å². The van der Waals surface area contributed by atoms with Crippen molar-refractivity contribution >= 4 is 40.6 Å². The molecule has 1 unspecified atom stereocenters. The summed E-state index contributed by atoms with van der Waals surface area (Å²) in [7, 11) is 0. The average molecular weight is 437 g/mol. The summed E-state index contributed by atoms with van der Waals surface area (Å²) >= 11 is 0.894. The number of imide groups is 1. The molecule has 2 aromatic carbocycles. The van der Waals surface area contributed by atoms with Gasteiger partial charge in [0.2, 0.25) is 0 Å². The Morgan fingerprint density at radius 3 is 2.68 bits per heavy atom. The maximum Gasteiger partial charge on any atom is 0.294 e. The molecule has 0 aliphatic carbocycles. The van der Waals surface area contributed by atoms with Crippen molar-refractivity contribution in [1.82, 2.24) is 4.90 Å². The van der Waals surface area contributed by atoms with Crippen LogP contribution in [-0.2, 0) is 9.59 Å². The second-order valence-corrected chi connectivity index (χ2v) is 8.23. The Bertz CT molecular complexity index is 1080. The fourth-order valence-electron chi connectivity index (χ4n) is 2.95. The number of anilines is 1. The molecular formula is C24H24N2O4S. The maximum atomic E-state index is 12.5. The third kappa shape index (κ3) is 5.44. The van der Waals surface area contributed by atoms with Gasteiger partial charge in [-0.1, -0.05) is 24.3 Å². The minimum atomic E-state index is -0.371. The number of nitrogens with zero attached hydrogens (tertiary/aromatic N) is 1. The van der Waals surface area contributed by atoms with E-state index in [0.29, 0.717) is 16.2 Å². The Morgan fingerprint density at radius 2 is 1.97 bits per heavy atom. The molecule has 1 N–H and O–H groups in total. The van der Waals surface area contributed by atoms with Crippen molar-refractivity contribution in [3.63, 3.8) is 0 Å². The number of nitrogens with one attached hydrogen (secondary N) is 1. The Morgan fingerprint density at radius 1 is 1.19 bits per heavy atom. The summed E-state index contributed by atoms with van der Waals surface area (Å²) in [6, 6.07) is 12.3. The van der Waals surface area contributed by atoms with E-state index >= 15 is 0 Å². The maximum absolute atomic E-state index is 12.5. The number of aryl methyl sites for hydroxylation is 2. The topological polar surface area (TPSA) is 75.7 Å². The van der Waals surface area contributed by atoms with Crippen molar-refractivity contribution in [1.29, 1.82) is 0 Å². The van der Waals surface area contributed by atoms with E-state index in [2.05, 4.69) is 11.9 Å². The molecule has 31 heavy (non-hydrogen) atoms. The molecule has 2 aromatic rings. The van der Waals surface area contributed by atoms with Gasteiger partial charge in [-0.3, -0.25) is 19.3 Å². The molecule has 3 rings (SSSR count). The predicted octanol–water partition coefficient (Wildman–Crippen LogP) is 4.93. The van der Waals surface area contributed by atoms with E-state index < -0.39 is 0 Å². The number of amides is 3. The zero-order valence-corrected chi connectivity index (χ0v) is 18.5. The summed E-state index contributed by atoms with van der Waals surface area (Å²) in [5.74, 6) is -0.127. The van der Waals surface area contributed by atoms with Crippen LogP contribution in [0, 0.1) is 13.8 Å². The highest BCUT2D eigenvalue weighted by atomic mass is 32.2. The molecule has 160 valence electrons. The van der Waals surface area contributed by atoms with Crippen LogP contribution in [0.3, 0.4) is 0 Å². The highest BCUT2D eigenvalue weighted by molar-refractivity contribution is 8.18. The Hall–Kier alpha value is -3.32. The number of carbonyl (C=O) groups is 3. The van der Waals surface area contributed by atoms with E-state index in [-0.39, 0.29) is 29.7 Å².